The molecule has 0 bridgehead atoms. The summed E-state index contributed by atoms with van der Waals surface area (Å²) in [5, 5.41) is 0.156. The summed E-state index contributed by atoms with van der Waals surface area (Å²) in [4.78, 5) is 27.1. The van der Waals surface area contributed by atoms with Crippen LogP contribution >= 0.6 is 11.3 Å². The Morgan fingerprint density at radius 1 is 1.35 bits per heavy atom. The molecule has 0 radical (unpaired) electrons. The Morgan fingerprint density at radius 3 is 2.53 bits per heavy atom. The summed E-state index contributed by atoms with van der Waals surface area (Å²) in [6.07, 6.45) is 1.32. The highest BCUT2D eigenvalue weighted by atomic mass is 32.1. The molecule has 0 aliphatic rings. The standard InChI is InChI=1S/C11H15NO4S/c1-5-15-9(13)7-6-12-8(17-7)10(14)16-11(2,3)4/h6H,5H2,1-4H3. The van der Waals surface area contributed by atoms with Crippen molar-refractivity contribution in [2.75, 3.05) is 6.61 Å². The van der Waals surface area contributed by atoms with E-state index in [0.717, 1.165) is 11.3 Å². The Labute approximate surface area is 104 Å². The van der Waals surface area contributed by atoms with Crippen molar-refractivity contribution < 1.29 is 19.1 Å². The molecule has 0 saturated carbocycles. The molecule has 0 aromatic carbocycles. The molecule has 0 spiro atoms. The van der Waals surface area contributed by atoms with Crippen LogP contribution in [0.15, 0.2) is 6.20 Å². The van der Waals surface area contributed by atoms with Gasteiger partial charge in [0.15, 0.2) is 0 Å². The van der Waals surface area contributed by atoms with Crippen LogP contribution in [-0.2, 0) is 9.47 Å². The molecular weight excluding hydrogens is 242 g/mol. The van der Waals surface area contributed by atoms with E-state index in [9.17, 15) is 9.59 Å². The van der Waals surface area contributed by atoms with Gasteiger partial charge in [0.05, 0.1) is 12.8 Å². The zero-order valence-corrected chi connectivity index (χ0v) is 11.1. The Morgan fingerprint density at radius 2 is 2.00 bits per heavy atom. The molecule has 0 fully saturated rings. The van der Waals surface area contributed by atoms with E-state index >= 15 is 0 Å². The lowest BCUT2D eigenvalue weighted by Crippen LogP contribution is -2.23. The first-order chi connectivity index (χ1) is 7.83. The van der Waals surface area contributed by atoms with Gasteiger partial charge in [-0.05, 0) is 27.7 Å². The molecule has 0 unspecified atom stereocenters. The second kappa shape index (κ2) is 5.27. The van der Waals surface area contributed by atoms with Gasteiger partial charge in [-0.3, -0.25) is 0 Å². The normalized spacial score (nSPS) is 11.1. The number of hydrogen-bond donors (Lipinski definition) is 0. The predicted octanol–water partition coefficient (Wildman–Crippen LogP) is 2.28. The first kappa shape index (κ1) is 13.6. The van der Waals surface area contributed by atoms with Crippen molar-refractivity contribution in [3.63, 3.8) is 0 Å². The largest absolute Gasteiger partial charge is 0.462 e. The lowest BCUT2D eigenvalue weighted by Gasteiger charge is -2.18. The van der Waals surface area contributed by atoms with Gasteiger partial charge in [0.1, 0.15) is 10.5 Å². The summed E-state index contributed by atoms with van der Waals surface area (Å²) < 4.78 is 9.93. The third kappa shape index (κ3) is 4.14. The van der Waals surface area contributed by atoms with Crippen molar-refractivity contribution in [1.29, 1.82) is 0 Å². The van der Waals surface area contributed by atoms with Crippen LogP contribution in [0.5, 0.6) is 0 Å². The lowest BCUT2D eigenvalue weighted by molar-refractivity contribution is 0.00690. The second-order valence-electron chi connectivity index (χ2n) is 4.25. The van der Waals surface area contributed by atoms with E-state index in [-0.39, 0.29) is 5.01 Å². The van der Waals surface area contributed by atoms with Crippen molar-refractivity contribution in [2.24, 2.45) is 0 Å². The number of ether oxygens (including phenoxy) is 2. The fraction of sp³-hybridized carbons (Fsp3) is 0.545. The number of rotatable bonds is 3. The van der Waals surface area contributed by atoms with Crippen LogP contribution in [-0.4, -0.2) is 29.1 Å². The molecule has 1 aromatic rings. The maximum Gasteiger partial charge on any atom is 0.367 e. The minimum atomic E-state index is -0.577. The Hall–Kier alpha value is -1.43. The average Bonchev–Trinajstić information content (AvgIpc) is 2.63. The van der Waals surface area contributed by atoms with Crippen LogP contribution in [0.2, 0.25) is 0 Å². The molecule has 0 N–H and O–H groups in total. The first-order valence-electron chi connectivity index (χ1n) is 5.20. The van der Waals surface area contributed by atoms with Crippen LogP contribution in [0.1, 0.15) is 47.2 Å². The third-order valence-electron chi connectivity index (χ3n) is 1.56. The molecule has 17 heavy (non-hydrogen) atoms. The zero-order chi connectivity index (χ0) is 13.1. The van der Waals surface area contributed by atoms with Crippen LogP contribution in [0.25, 0.3) is 0 Å². The van der Waals surface area contributed by atoms with Crippen molar-refractivity contribution in [2.45, 2.75) is 33.3 Å². The fourth-order valence-corrected chi connectivity index (χ4v) is 1.67. The highest BCUT2D eigenvalue weighted by Gasteiger charge is 2.22. The molecule has 0 saturated heterocycles. The van der Waals surface area contributed by atoms with Gasteiger partial charge in [-0.25, -0.2) is 14.6 Å². The fourth-order valence-electron chi connectivity index (χ4n) is 0.987. The van der Waals surface area contributed by atoms with Gasteiger partial charge in [0.2, 0.25) is 5.01 Å². The number of hydrogen-bond acceptors (Lipinski definition) is 6. The Bertz CT molecular complexity index is 419. The van der Waals surface area contributed by atoms with E-state index in [4.69, 9.17) is 9.47 Å². The molecule has 1 aromatic heterocycles. The zero-order valence-electron chi connectivity index (χ0n) is 10.3. The van der Waals surface area contributed by atoms with E-state index in [1.165, 1.54) is 6.20 Å². The van der Waals surface area contributed by atoms with Gasteiger partial charge >= 0.3 is 11.9 Å². The summed E-state index contributed by atoms with van der Waals surface area (Å²) in [6.45, 7) is 7.31. The van der Waals surface area contributed by atoms with Crippen LogP contribution in [0, 0.1) is 0 Å². The highest BCUT2D eigenvalue weighted by Crippen LogP contribution is 2.18. The quantitative estimate of drug-likeness (QED) is 0.777. The van der Waals surface area contributed by atoms with Gasteiger partial charge in [-0.2, -0.15) is 0 Å². The molecule has 0 atom stereocenters. The van der Waals surface area contributed by atoms with Crippen LogP contribution in [0.3, 0.4) is 0 Å². The molecule has 6 heteroatoms. The van der Waals surface area contributed by atoms with Crippen molar-refractivity contribution in [3.8, 4) is 0 Å². The summed E-state index contributed by atoms with van der Waals surface area (Å²) in [5.74, 6) is -1.00. The maximum atomic E-state index is 11.6. The van der Waals surface area contributed by atoms with E-state index in [1.807, 2.05) is 0 Å². The van der Waals surface area contributed by atoms with Gasteiger partial charge in [0.25, 0.3) is 0 Å². The van der Waals surface area contributed by atoms with E-state index in [1.54, 1.807) is 27.7 Å². The summed E-state index contributed by atoms with van der Waals surface area (Å²) in [5.41, 5.74) is -0.577. The summed E-state index contributed by atoms with van der Waals surface area (Å²) in [6, 6.07) is 0. The average molecular weight is 257 g/mol. The minimum Gasteiger partial charge on any atom is -0.462 e. The number of esters is 2. The van der Waals surface area contributed by atoms with Crippen LogP contribution < -0.4 is 0 Å². The van der Waals surface area contributed by atoms with Crippen molar-refractivity contribution >= 4 is 23.3 Å². The van der Waals surface area contributed by atoms with Gasteiger partial charge in [0, 0.05) is 0 Å². The summed E-state index contributed by atoms with van der Waals surface area (Å²) >= 11 is 0.970. The number of nitrogens with zero attached hydrogens (tertiary/aromatic N) is 1. The van der Waals surface area contributed by atoms with Crippen molar-refractivity contribution in [1.82, 2.24) is 4.98 Å². The van der Waals surface area contributed by atoms with E-state index in [0.29, 0.717) is 11.5 Å². The minimum absolute atomic E-state index is 0.156. The van der Waals surface area contributed by atoms with Gasteiger partial charge in [-0.15, -0.1) is 11.3 Å². The van der Waals surface area contributed by atoms with Crippen LogP contribution in [0.4, 0.5) is 0 Å². The topological polar surface area (TPSA) is 65.5 Å². The number of thiazole rings is 1. The smallest absolute Gasteiger partial charge is 0.367 e. The number of carbonyl (C=O) groups excluding carboxylic acids is 2. The lowest BCUT2D eigenvalue weighted by atomic mass is 10.2. The molecule has 0 amide bonds. The predicted molar refractivity (Wildman–Crippen MR) is 63.2 cm³/mol. The van der Waals surface area contributed by atoms with Gasteiger partial charge in [-0.1, -0.05) is 0 Å². The summed E-state index contributed by atoms with van der Waals surface area (Å²) in [7, 11) is 0. The molecule has 1 rings (SSSR count). The SMILES string of the molecule is CCOC(=O)c1cnc(C(=O)OC(C)(C)C)s1. The molecule has 94 valence electrons. The number of carbonyl (C=O) groups is 2. The monoisotopic (exact) mass is 257 g/mol. The Balaban J connectivity index is 2.74. The Kier molecular flexibility index (Phi) is 4.22. The maximum absolute atomic E-state index is 11.6. The highest BCUT2D eigenvalue weighted by molar-refractivity contribution is 7.15. The van der Waals surface area contributed by atoms with Gasteiger partial charge < -0.3 is 9.47 Å². The molecule has 0 aliphatic heterocycles. The first-order valence-corrected chi connectivity index (χ1v) is 6.01. The molecule has 5 nitrogen and oxygen atoms in total. The molecule has 0 aliphatic carbocycles. The molecular formula is C11H15NO4S. The van der Waals surface area contributed by atoms with E-state index in [2.05, 4.69) is 4.98 Å². The van der Waals surface area contributed by atoms with Crippen molar-refractivity contribution in [3.05, 3.63) is 16.1 Å². The second-order valence-corrected chi connectivity index (χ2v) is 5.28. The van der Waals surface area contributed by atoms with E-state index < -0.39 is 17.5 Å². The number of aromatic nitrogens is 1. The molecule has 1 heterocycles. The third-order valence-corrected chi connectivity index (χ3v) is 2.51.